The van der Waals surface area contributed by atoms with Gasteiger partial charge in [0.25, 0.3) is 0 Å². The summed E-state index contributed by atoms with van der Waals surface area (Å²) in [4.78, 5) is 24.6. The van der Waals surface area contributed by atoms with Crippen LogP contribution in [0.5, 0.6) is 0 Å². The Balaban J connectivity index is 2.48. The molecule has 0 aliphatic carbocycles. The van der Waals surface area contributed by atoms with E-state index >= 15 is 0 Å². The molecule has 0 aliphatic rings. The molecule has 0 aliphatic heterocycles. The minimum Gasteiger partial charge on any atom is -0.274 e. The van der Waals surface area contributed by atoms with E-state index < -0.39 is 0 Å². The average molecular weight is 226 g/mol. The van der Waals surface area contributed by atoms with E-state index in [4.69, 9.17) is 0 Å². The van der Waals surface area contributed by atoms with Crippen LogP contribution < -0.4 is 0 Å². The molecule has 0 spiro atoms. The summed E-state index contributed by atoms with van der Waals surface area (Å²) in [5.41, 5.74) is 2.58. The van der Waals surface area contributed by atoms with Gasteiger partial charge in [0.2, 0.25) is 5.91 Å². The first-order valence-corrected chi connectivity index (χ1v) is 5.29. The summed E-state index contributed by atoms with van der Waals surface area (Å²) in [7, 11) is 0. The lowest BCUT2D eigenvalue weighted by Crippen LogP contribution is -2.08. The molecule has 0 radical (unpaired) electrons. The van der Waals surface area contributed by atoms with E-state index in [0.717, 1.165) is 11.0 Å². The monoisotopic (exact) mass is 226 g/mol. The fourth-order valence-corrected chi connectivity index (χ4v) is 1.94. The van der Waals surface area contributed by atoms with Crippen LogP contribution in [-0.4, -0.2) is 25.4 Å². The van der Waals surface area contributed by atoms with Gasteiger partial charge in [-0.05, 0) is 19.1 Å². The Labute approximate surface area is 97.1 Å². The standard InChI is InChI=1S/C12H10N4O/c1-7-13-11-12(16(7)8(2)17)15-10-6-4-3-5-9(10)14-11/h3-6H,1-2H3. The first kappa shape index (κ1) is 9.89. The van der Waals surface area contributed by atoms with Gasteiger partial charge in [0.1, 0.15) is 5.82 Å². The highest BCUT2D eigenvalue weighted by Crippen LogP contribution is 2.16. The lowest BCUT2D eigenvalue weighted by molar-refractivity contribution is 0.0938. The molecular weight excluding hydrogens is 216 g/mol. The summed E-state index contributed by atoms with van der Waals surface area (Å²) in [6, 6.07) is 7.54. The van der Waals surface area contributed by atoms with Crippen LogP contribution in [0.1, 0.15) is 17.5 Å². The van der Waals surface area contributed by atoms with E-state index in [-0.39, 0.29) is 5.91 Å². The minimum absolute atomic E-state index is 0.102. The molecule has 3 rings (SSSR count). The number of hydrogen-bond acceptors (Lipinski definition) is 4. The van der Waals surface area contributed by atoms with Crippen molar-refractivity contribution in [1.82, 2.24) is 19.5 Å². The Hall–Kier alpha value is -2.30. The van der Waals surface area contributed by atoms with Crippen molar-refractivity contribution in [3.63, 3.8) is 0 Å². The molecule has 0 amide bonds. The molecule has 2 heterocycles. The van der Waals surface area contributed by atoms with Crippen LogP contribution in [0.3, 0.4) is 0 Å². The number of aromatic nitrogens is 4. The van der Waals surface area contributed by atoms with Gasteiger partial charge in [-0.1, -0.05) is 12.1 Å². The van der Waals surface area contributed by atoms with Crippen molar-refractivity contribution in [3.8, 4) is 0 Å². The summed E-state index contributed by atoms with van der Waals surface area (Å²) in [6.45, 7) is 3.26. The molecule has 0 fully saturated rings. The van der Waals surface area contributed by atoms with E-state index in [2.05, 4.69) is 15.0 Å². The number of fused-ring (bicyclic) bond motifs is 2. The summed E-state index contributed by atoms with van der Waals surface area (Å²) < 4.78 is 1.48. The Morgan fingerprint density at radius 3 is 2.41 bits per heavy atom. The number of benzene rings is 1. The number of hydrogen-bond donors (Lipinski definition) is 0. The molecular formula is C12H10N4O. The second-order valence-corrected chi connectivity index (χ2v) is 3.87. The van der Waals surface area contributed by atoms with E-state index in [1.54, 1.807) is 6.92 Å². The summed E-state index contributed by atoms with van der Waals surface area (Å²) in [5, 5.41) is 0. The maximum Gasteiger partial charge on any atom is 0.230 e. The number of carbonyl (C=O) groups is 1. The zero-order valence-corrected chi connectivity index (χ0v) is 9.51. The fourth-order valence-electron chi connectivity index (χ4n) is 1.94. The molecule has 3 aromatic rings. The van der Waals surface area contributed by atoms with Crippen LogP contribution >= 0.6 is 0 Å². The number of para-hydroxylation sites is 2. The quantitative estimate of drug-likeness (QED) is 0.587. The molecule has 5 heteroatoms. The van der Waals surface area contributed by atoms with E-state index in [1.165, 1.54) is 11.5 Å². The molecule has 0 atom stereocenters. The third-order valence-corrected chi connectivity index (χ3v) is 2.65. The molecule has 0 saturated heterocycles. The van der Waals surface area contributed by atoms with Crippen molar-refractivity contribution in [2.75, 3.05) is 0 Å². The molecule has 0 saturated carbocycles. The second kappa shape index (κ2) is 3.35. The van der Waals surface area contributed by atoms with Crippen LogP contribution in [0.25, 0.3) is 22.3 Å². The average Bonchev–Trinajstić information content (AvgIpc) is 2.60. The minimum atomic E-state index is -0.102. The highest BCUT2D eigenvalue weighted by molar-refractivity contribution is 5.90. The van der Waals surface area contributed by atoms with Gasteiger partial charge in [0.05, 0.1) is 11.0 Å². The Bertz CT molecular complexity index is 745. The number of carbonyl (C=O) groups excluding carboxylic acids is 1. The third-order valence-electron chi connectivity index (χ3n) is 2.65. The fraction of sp³-hybridized carbons (Fsp3) is 0.167. The highest BCUT2D eigenvalue weighted by Gasteiger charge is 2.13. The molecule has 0 bridgehead atoms. The van der Waals surface area contributed by atoms with Crippen molar-refractivity contribution in [1.29, 1.82) is 0 Å². The maximum atomic E-state index is 11.5. The van der Waals surface area contributed by atoms with Gasteiger partial charge in [0, 0.05) is 6.92 Å². The number of imidazole rings is 1. The van der Waals surface area contributed by atoms with Crippen LogP contribution in [0.2, 0.25) is 0 Å². The first-order chi connectivity index (χ1) is 8.16. The van der Waals surface area contributed by atoms with Crippen molar-refractivity contribution in [3.05, 3.63) is 30.1 Å². The van der Waals surface area contributed by atoms with Crippen molar-refractivity contribution >= 4 is 28.2 Å². The Morgan fingerprint density at radius 2 is 1.76 bits per heavy atom. The molecule has 5 nitrogen and oxygen atoms in total. The smallest absolute Gasteiger partial charge is 0.230 e. The zero-order chi connectivity index (χ0) is 12.0. The second-order valence-electron chi connectivity index (χ2n) is 3.87. The van der Waals surface area contributed by atoms with Gasteiger partial charge in [-0.25, -0.2) is 19.5 Å². The maximum absolute atomic E-state index is 11.5. The van der Waals surface area contributed by atoms with Crippen molar-refractivity contribution in [2.45, 2.75) is 13.8 Å². The summed E-state index contributed by atoms with van der Waals surface area (Å²) >= 11 is 0. The summed E-state index contributed by atoms with van der Waals surface area (Å²) in [6.07, 6.45) is 0. The Kier molecular flexibility index (Phi) is 1.95. The van der Waals surface area contributed by atoms with Gasteiger partial charge >= 0.3 is 0 Å². The van der Waals surface area contributed by atoms with Crippen molar-refractivity contribution < 1.29 is 4.79 Å². The molecule has 17 heavy (non-hydrogen) atoms. The predicted octanol–water partition coefficient (Wildman–Crippen LogP) is 1.95. The van der Waals surface area contributed by atoms with Crippen LogP contribution in [0, 0.1) is 6.92 Å². The van der Waals surface area contributed by atoms with Gasteiger partial charge < -0.3 is 0 Å². The van der Waals surface area contributed by atoms with E-state index in [0.29, 0.717) is 17.1 Å². The zero-order valence-electron chi connectivity index (χ0n) is 9.51. The summed E-state index contributed by atoms with van der Waals surface area (Å²) in [5.74, 6) is 0.511. The molecule has 84 valence electrons. The number of nitrogens with zero attached hydrogens (tertiary/aromatic N) is 4. The van der Waals surface area contributed by atoms with Gasteiger partial charge in [-0.2, -0.15) is 0 Å². The molecule has 2 aromatic heterocycles. The van der Waals surface area contributed by atoms with Crippen molar-refractivity contribution in [2.24, 2.45) is 0 Å². The lowest BCUT2D eigenvalue weighted by Gasteiger charge is -2.00. The van der Waals surface area contributed by atoms with Gasteiger partial charge in [-0.15, -0.1) is 0 Å². The van der Waals surface area contributed by atoms with Crippen LogP contribution in [0.4, 0.5) is 0 Å². The normalized spacial score (nSPS) is 11.2. The largest absolute Gasteiger partial charge is 0.274 e. The van der Waals surface area contributed by atoms with Crippen LogP contribution in [0.15, 0.2) is 24.3 Å². The molecule has 0 N–H and O–H groups in total. The number of aryl methyl sites for hydroxylation is 1. The topological polar surface area (TPSA) is 60.7 Å². The molecule has 1 aromatic carbocycles. The first-order valence-electron chi connectivity index (χ1n) is 5.29. The number of rotatable bonds is 0. The van der Waals surface area contributed by atoms with Gasteiger partial charge in [0.15, 0.2) is 11.3 Å². The SMILES string of the molecule is CC(=O)n1c(C)nc2nc3ccccc3nc21. The highest BCUT2D eigenvalue weighted by atomic mass is 16.1. The molecule has 0 unspecified atom stereocenters. The lowest BCUT2D eigenvalue weighted by atomic mass is 10.3. The van der Waals surface area contributed by atoms with Gasteiger partial charge in [-0.3, -0.25) is 4.79 Å². The predicted molar refractivity (Wildman–Crippen MR) is 63.9 cm³/mol. The third kappa shape index (κ3) is 1.39. The van der Waals surface area contributed by atoms with E-state index in [9.17, 15) is 4.79 Å². The van der Waals surface area contributed by atoms with E-state index in [1.807, 2.05) is 24.3 Å². The Morgan fingerprint density at radius 1 is 1.12 bits per heavy atom. The van der Waals surface area contributed by atoms with Crippen LogP contribution in [-0.2, 0) is 0 Å².